The number of halogens is 1. The maximum absolute atomic E-state index is 13.0. The summed E-state index contributed by atoms with van der Waals surface area (Å²) in [4.78, 5) is 17.8. The zero-order valence-corrected chi connectivity index (χ0v) is 45.0. The molecule has 1 unspecified atom stereocenters. The molecule has 1 aliphatic heterocycles. The number of aromatic nitrogens is 3. The van der Waals surface area contributed by atoms with E-state index in [-0.39, 0.29) is 31.6 Å². The van der Waals surface area contributed by atoms with E-state index in [0.717, 1.165) is 93.5 Å². The van der Waals surface area contributed by atoms with Crippen molar-refractivity contribution in [1.29, 1.82) is 0 Å². The SMILES string of the molecule is CC(C)Cc1cc(-c2[c-]cc(F)cc2)nc[c]1[Ge]([CH3])([CH3])[CH3].[2H]C([2H])([2H])c1ccc2c3c(ccc2n1)[N-]C(c1[c-]ccc2c1sc1nc(C4CCCCC4)ccc12)N3c1ccc(C)c2oc3ccccc3c12.[Ir+3]. The first-order valence-corrected chi connectivity index (χ1v) is 32.0. The van der Waals surface area contributed by atoms with Crippen LogP contribution in [0.25, 0.3) is 69.7 Å². The van der Waals surface area contributed by atoms with E-state index in [1.165, 1.54) is 59.9 Å². The number of hydrogen-bond acceptors (Lipinski definition) is 6. The van der Waals surface area contributed by atoms with E-state index in [1.54, 1.807) is 23.5 Å². The molecule has 0 spiro atoms. The van der Waals surface area contributed by atoms with E-state index >= 15 is 0 Å². The molecule has 5 aromatic heterocycles. The van der Waals surface area contributed by atoms with Gasteiger partial charge in [-0.2, -0.15) is 29.5 Å². The van der Waals surface area contributed by atoms with E-state index in [0.29, 0.717) is 17.4 Å². The molecule has 0 saturated heterocycles. The average Bonchev–Trinajstić information content (AvgIpc) is 4.06. The monoisotopic (exact) mass is 1170 g/mol. The maximum Gasteiger partial charge on any atom is 3.00 e. The van der Waals surface area contributed by atoms with Crippen molar-refractivity contribution in [2.24, 2.45) is 5.92 Å². The number of para-hydroxylation sites is 1. The number of aryl methyl sites for hydroxylation is 2. The number of pyridine rings is 3. The van der Waals surface area contributed by atoms with Gasteiger partial charge in [-0.3, -0.25) is 4.98 Å². The van der Waals surface area contributed by atoms with Crippen molar-refractivity contribution in [3.8, 4) is 11.3 Å². The van der Waals surface area contributed by atoms with Gasteiger partial charge in [0.15, 0.2) is 0 Å². The zero-order chi connectivity index (χ0) is 49.3. The number of anilines is 2. The van der Waals surface area contributed by atoms with Gasteiger partial charge in [0.1, 0.15) is 16.0 Å². The summed E-state index contributed by atoms with van der Waals surface area (Å²) in [7, 11) is 0. The van der Waals surface area contributed by atoms with Crippen LogP contribution in [0.5, 0.6) is 0 Å². The minimum absolute atomic E-state index is 0. The van der Waals surface area contributed by atoms with E-state index in [2.05, 4.69) is 108 Å². The van der Waals surface area contributed by atoms with Gasteiger partial charge in [-0.25, -0.2) is 4.98 Å². The Bertz CT molecular complexity index is 3660. The molecule has 0 N–H and O–H groups in total. The van der Waals surface area contributed by atoms with Crippen molar-refractivity contribution < 1.29 is 33.0 Å². The minimum atomic E-state index is -2.31. The van der Waals surface area contributed by atoms with Crippen molar-refractivity contribution in [3.63, 3.8) is 0 Å². The number of nitrogens with zero attached hydrogens (tertiary/aromatic N) is 5. The van der Waals surface area contributed by atoms with Crippen LogP contribution in [0.3, 0.4) is 0 Å². The number of rotatable bonds is 7. The first-order valence-electron chi connectivity index (χ1n) is 25.4. The molecule has 1 aliphatic carbocycles. The minimum Gasteiger partial charge on any atom is -0.661 e. The number of furan rings is 1. The molecule has 0 bridgehead atoms. The van der Waals surface area contributed by atoms with E-state index in [4.69, 9.17) is 18.8 Å². The fourth-order valence-corrected chi connectivity index (χ4v) is 14.9. The molecule has 1 atom stereocenters. The van der Waals surface area contributed by atoms with Crippen LogP contribution in [0.15, 0.2) is 120 Å². The van der Waals surface area contributed by atoms with Crippen LogP contribution < -0.4 is 9.30 Å². The molecule has 0 amide bonds. The molecule has 1 fully saturated rings. The van der Waals surface area contributed by atoms with Crippen molar-refractivity contribution in [2.75, 3.05) is 4.90 Å². The summed E-state index contributed by atoms with van der Waals surface area (Å²) in [6.07, 6.45) is 8.94. The van der Waals surface area contributed by atoms with Crippen LogP contribution in [-0.4, -0.2) is 28.2 Å². The van der Waals surface area contributed by atoms with Gasteiger partial charge >= 0.3 is 150 Å². The quantitative estimate of drug-likeness (QED) is 0.117. The Morgan fingerprint density at radius 1 is 0.899 bits per heavy atom. The van der Waals surface area contributed by atoms with Gasteiger partial charge in [-0.05, 0) is 80.1 Å². The Labute approximate surface area is 428 Å². The first-order chi connectivity index (χ1) is 34.1. The number of benzene rings is 5. The van der Waals surface area contributed by atoms with Crippen LogP contribution in [0.4, 0.5) is 21.5 Å². The molecule has 1 saturated carbocycles. The summed E-state index contributed by atoms with van der Waals surface area (Å²) in [5, 5.41) is 10.6. The zero-order valence-electron chi connectivity index (χ0n) is 42.7. The summed E-state index contributed by atoms with van der Waals surface area (Å²) in [5.41, 5.74) is 11.4. The van der Waals surface area contributed by atoms with Crippen molar-refractivity contribution >= 4 is 99.2 Å². The predicted molar refractivity (Wildman–Crippen MR) is 285 cm³/mol. The Kier molecular flexibility index (Phi) is 12.0. The number of fused-ring (bicyclic) bond motifs is 9. The van der Waals surface area contributed by atoms with Crippen LogP contribution in [0.1, 0.15) is 90.2 Å². The maximum atomic E-state index is 13.0. The normalized spacial score (nSPS) is 16.0. The van der Waals surface area contributed by atoms with Gasteiger partial charge < -0.3 is 14.6 Å². The molecular formula is C59H55FGeIrN5OS. The smallest absolute Gasteiger partial charge is 0.661 e. The van der Waals surface area contributed by atoms with E-state index in [1.807, 2.05) is 48.7 Å². The third kappa shape index (κ3) is 8.90. The summed E-state index contributed by atoms with van der Waals surface area (Å²) >= 11 is -0.203. The van der Waals surface area contributed by atoms with E-state index < -0.39 is 26.3 Å². The van der Waals surface area contributed by atoms with Gasteiger partial charge in [0.25, 0.3) is 0 Å². The molecule has 10 aromatic rings. The second-order valence-corrected chi connectivity index (χ2v) is 31.5. The number of hydrogen-bond donors (Lipinski definition) is 0. The molecule has 12 rings (SSSR count). The Hall–Kier alpha value is -5.45. The number of thiophene rings is 1. The summed E-state index contributed by atoms with van der Waals surface area (Å²) in [5.74, 6) is 8.06. The van der Waals surface area contributed by atoms with Crippen molar-refractivity contribution in [1.82, 2.24) is 15.0 Å². The van der Waals surface area contributed by atoms with Crippen LogP contribution in [-0.2, 0) is 26.5 Å². The van der Waals surface area contributed by atoms with Gasteiger partial charge in [0, 0.05) is 37.9 Å². The third-order valence-corrected chi connectivity index (χ3v) is 19.1. The van der Waals surface area contributed by atoms with Crippen LogP contribution in [0.2, 0.25) is 17.3 Å². The molecule has 6 nitrogen and oxygen atoms in total. The topological polar surface area (TPSA) is 69.2 Å². The average molecular weight is 1170 g/mol. The summed E-state index contributed by atoms with van der Waals surface area (Å²) in [6, 6.07) is 41.8. The van der Waals surface area contributed by atoms with Gasteiger partial charge in [-0.15, -0.1) is 16.6 Å². The second-order valence-electron chi connectivity index (χ2n) is 19.9. The Morgan fingerprint density at radius 3 is 2.51 bits per heavy atom. The third-order valence-electron chi connectivity index (χ3n) is 13.6. The molecule has 5 aromatic carbocycles. The molecule has 69 heavy (non-hydrogen) atoms. The fourth-order valence-electron chi connectivity index (χ4n) is 10.4. The van der Waals surface area contributed by atoms with Crippen molar-refractivity contribution in [3.05, 3.63) is 167 Å². The van der Waals surface area contributed by atoms with Gasteiger partial charge in [0.05, 0.1) is 16.6 Å². The van der Waals surface area contributed by atoms with Crippen LogP contribution >= 0.6 is 11.3 Å². The second kappa shape index (κ2) is 19.0. The first kappa shape index (κ1) is 43.6. The Morgan fingerprint density at radius 2 is 1.72 bits per heavy atom. The van der Waals surface area contributed by atoms with Crippen LogP contribution in [0, 0.1) is 37.6 Å². The van der Waals surface area contributed by atoms with Gasteiger partial charge in [0.2, 0.25) is 0 Å². The summed E-state index contributed by atoms with van der Waals surface area (Å²) in [6.45, 7) is 4.24. The fraction of sp³-hybridized carbons (Fsp3) is 0.271. The Balaban J connectivity index is 0.000000229. The molecule has 10 heteroatoms. The van der Waals surface area contributed by atoms with Crippen molar-refractivity contribution in [2.45, 2.75) is 95.5 Å². The molecule has 348 valence electrons. The summed E-state index contributed by atoms with van der Waals surface area (Å²) < 4.78 is 46.1. The molecule has 2 aliphatic rings. The molecular weight excluding hydrogens is 1110 g/mol. The molecule has 6 heterocycles. The standard InChI is InChI=1S/C41H32N4OS.C18H23FGeN.Ir/c1-23-15-22-34(36-29-11-6-7-14-35(29)46-38(23)36)45-37-28-17-16-24(2)42-32(28)20-21-33(37)43-40(45)30-13-8-12-26-27-18-19-31(25-9-4-3-5-10-25)44-41(27)47-39(26)30;1-13(2)10-15-11-18(14-6-8-16(19)9-7-14)21-12-17(15)20(3,4)5;/h6-8,11-12,14-22,25,40H,3-5,9-10H2,1-2H3;6,8-9,11-13H,10H2,1-5H3;/q-2;-1;+3/i2D3;;. The largest absolute Gasteiger partial charge is 3.00 e. The predicted octanol–water partition coefficient (Wildman–Crippen LogP) is 16.6. The van der Waals surface area contributed by atoms with E-state index in [9.17, 15) is 4.39 Å². The molecule has 0 radical (unpaired) electrons. The van der Waals surface area contributed by atoms with Gasteiger partial charge in [-0.1, -0.05) is 60.4 Å².